The molecule has 1 fully saturated rings. The van der Waals surface area contributed by atoms with Crippen molar-refractivity contribution in [2.24, 2.45) is 5.92 Å². The number of hydrogen-bond donors (Lipinski definition) is 1. The van der Waals surface area contributed by atoms with E-state index in [0.29, 0.717) is 5.92 Å². The van der Waals surface area contributed by atoms with Crippen molar-refractivity contribution < 1.29 is 5.11 Å². The average molecular weight is 320 g/mol. The van der Waals surface area contributed by atoms with E-state index in [0.717, 1.165) is 27.4 Å². The molecular weight excluding hydrogens is 308 g/mol. The van der Waals surface area contributed by atoms with Crippen molar-refractivity contribution in [1.29, 1.82) is 0 Å². The third-order valence-electron chi connectivity index (χ3n) is 2.67. The Hall–Kier alpha value is 0.140. The molecule has 14 heavy (non-hydrogen) atoms. The molecule has 1 nitrogen and oxygen atoms in total. The minimum atomic E-state index is -0.304. The van der Waals surface area contributed by atoms with E-state index in [2.05, 4.69) is 31.9 Å². The zero-order valence-corrected chi connectivity index (χ0v) is 11.1. The maximum Gasteiger partial charge on any atom is 0.0829 e. The summed E-state index contributed by atoms with van der Waals surface area (Å²) in [6.07, 6.45) is 2.00. The molecule has 1 aromatic rings. The van der Waals surface area contributed by atoms with Crippen LogP contribution in [0.5, 0.6) is 0 Å². The zero-order valence-electron chi connectivity index (χ0n) is 7.93. The minimum Gasteiger partial charge on any atom is -0.388 e. The number of benzene rings is 1. The second kappa shape index (κ2) is 3.95. The van der Waals surface area contributed by atoms with Crippen LogP contribution < -0.4 is 0 Å². The van der Waals surface area contributed by atoms with E-state index in [1.54, 1.807) is 0 Å². The fourth-order valence-electron chi connectivity index (χ4n) is 1.55. The summed E-state index contributed by atoms with van der Waals surface area (Å²) in [6, 6.07) is 4.06. The van der Waals surface area contributed by atoms with Crippen molar-refractivity contribution in [2.75, 3.05) is 0 Å². The van der Waals surface area contributed by atoms with Gasteiger partial charge in [-0.2, -0.15) is 0 Å². The van der Waals surface area contributed by atoms with Gasteiger partial charge in [0.1, 0.15) is 0 Å². The first-order valence-corrected chi connectivity index (χ1v) is 6.32. The van der Waals surface area contributed by atoms with Crippen molar-refractivity contribution in [2.45, 2.75) is 25.9 Å². The Bertz CT molecular complexity index is 359. The minimum absolute atomic E-state index is 0.304. The Kier molecular flexibility index (Phi) is 3.01. The molecule has 1 aliphatic carbocycles. The summed E-state index contributed by atoms with van der Waals surface area (Å²) in [5.41, 5.74) is 2.19. The van der Waals surface area contributed by atoms with Crippen LogP contribution in [0.2, 0.25) is 0 Å². The molecule has 0 amide bonds. The lowest BCUT2D eigenvalue weighted by atomic mass is 10.0. The van der Waals surface area contributed by atoms with Gasteiger partial charge in [0.2, 0.25) is 0 Å². The Morgan fingerprint density at radius 1 is 1.29 bits per heavy atom. The van der Waals surface area contributed by atoms with Gasteiger partial charge in [-0.25, -0.2) is 0 Å². The van der Waals surface area contributed by atoms with Crippen molar-refractivity contribution in [1.82, 2.24) is 0 Å². The highest BCUT2D eigenvalue weighted by Gasteiger charge is 2.31. The van der Waals surface area contributed by atoms with Gasteiger partial charge in [-0.05, 0) is 48.9 Å². The fourth-order valence-corrected chi connectivity index (χ4v) is 2.61. The molecule has 1 aromatic carbocycles. The number of aliphatic hydroxyl groups excluding tert-OH is 1. The molecule has 2 rings (SSSR count). The van der Waals surface area contributed by atoms with Gasteiger partial charge in [-0.1, -0.05) is 31.9 Å². The molecule has 3 heteroatoms. The van der Waals surface area contributed by atoms with Crippen LogP contribution in [0.3, 0.4) is 0 Å². The van der Waals surface area contributed by atoms with Crippen molar-refractivity contribution in [3.8, 4) is 0 Å². The van der Waals surface area contributed by atoms with E-state index in [1.165, 1.54) is 5.56 Å². The number of aliphatic hydroxyl groups is 1. The number of halogens is 2. The van der Waals surface area contributed by atoms with E-state index in [1.807, 2.05) is 19.1 Å². The largest absolute Gasteiger partial charge is 0.388 e. The quantitative estimate of drug-likeness (QED) is 0.874. The molecule has 0 aliphatic heterocycles. The Morgan fingerprint density at radius 2 is 1.93 bits per heavy atom. The first-order chi connectivity index (χ1) is 6.59. The summed E-state index contributed by atoms with van der Waals surface area (Å²) in [4.78, 5) is 0. The maximum atomic E-state index is 10.0. The van der Waals surface area contributed by atoms with Gasteiger partial charge in [0.15, 0.2) is 0 Å². The molecule has 0 aromatic heterocycles. The number of rotatable bonds is 2. The van der Waals surface area contributed by atoms with Crippen LogP contribution in [-0.4, -0.2) is 5.11 Å². The monoisotopic (exact) mass is 318 g/mol. The van der Waals surface area contributed by atoms with Crippen LogP contribution in [0.25, 0.3) is 0 Å². The van der Waals surface area contributed by atoms with Gasteiger partial charge in [0.05, 0.1) is 6.10 Å². The summed E-state index contributed by atoms with van der Waals surface area (Å²) < 4.78 is 2.08. The lowest BCUT2D eigenvalue weighted by molar-refractivity contribution is 0.153. The smallest absolute Gasteiger partial charge is 0.0829 e. The van der Waals surface area contributed by atoms with Gasteiger partial charge >= 0.3 is 0 Å². The van der Waals surface area contributed by atoms with Gasteiger partial charge in [-0.3, -0.25) is 0 Å². The van der Waals surface area contributed by atoms with E-state index < -0.39 is 0 Å². The predicted octanol–water partition coefficient (Wildman–Crippen LogP) is 3.96. The summed E-state index contributed by atoms with van der Waals surface area (Å²) in [7, 11) is 0. The van der Waals surface area contributed by atoms with Crippen molar-refractivity contribution >= 4 is 31.9 Å². The molecule has 0 bridgehead atoms. The summed E-state index contributed by atoms with van der Waals surface area (Å²) in [6.45, 7) is 2.04. The SMILES string of the molecule is Cc1cc(Br)c(C(O)C2CC2)cc1Br. The van der Waals surface area contributed by atoms with Crippen LogP contribution in [0, 0.1) is 12.8 Å². The molecule has 0 spiro atoms. The van der Waals surface area contributed by atoms with E-state index in [-0.39, 0.29) is 6.10 Å². The first kappa shape index (κ1) is 10.7. The van der Waals surface area contributed by atoms with E-state index in [4.69, 9.17) is 0 Å². The van der Waals surface area contributed by atoms with Gasteiger partial charge < -0.3 is 5.11 Å². The molecule has 1 saturated carbocycles. The molecule has 0 saturated heterocycles. The molecule has 1 atom stereocenters. The Morgan fingerprint density at radius 3 is 2.50 bits per heavy atom. The number of aryl methyl sites for hydroxylation is 1. The van der Waals surface area contributed by atoms with Gasteiger partial charge in [0, 0.05) is 8.95 Å². The Labute approximate surface area is 101 Å². The van der Waals surface area contributed by atoms with Crippen molar-refractivity contribution in [3.63, 3.8) is 0 Å². The summed E-state index contributed by atoms with van der Waals surface area (Å²) >= 11 is 6.98. The van der Waals surface area contributed by atoms with Crippen LogP contribution in [0.15, 0.2) is 21.1 Å². The molecule has 0 heterocycles. The molecule has 1 unspecified atom stereocenters. The lowest BCUT2D eigenvalue weighted by Gasteiger charge is -2.13. The molecule has 0 radical (unpaired) electrons. The second-order valence-corrected chi connectivity index (χ2v) is 5.61. The van der Waals surface area contributed by atoms with E-state index >= 15 is 0 Å². The van der Waals surface area contributed by atoms with Gasteiger partial charge in [-0.15, -0.1) is 0 Å². The highest BCUT2D eigenvalue weighted by Crippen LogP contribution is 2.43. The van der Waals surface area contributed by atoms with Gasteiger partial charge in [0.25, 0.3) is 0 Å². The molecule has 1 aliphatic rings. The Balaban J connectivity index is 2.36. The molecular formula is C11H12Br2O. The first-order valence-electron chi connectivity index (χ1n) is 4.73. The van der Waals surface area contributed by atoms with Crippen LogP contribution in [-0.2, 0) is 0 Å². The van der Waals surface area contributed by atoms with Crippen LogP contribution in [0.4, 0.5) is 0 Å². The third-order valence-corrected chi connectivity index (χ3v) is 4.21. The van der Waals surface area contributed by atoms with Crippen molar-refractivity contribution in [3.05, 3.63) is 32.2 Å². The zero-order chi connectivity index (χ0) is 10.3. The standard InChI is InChI=1S/C11H12Br2O/c1-6-4-10(13)8(5-9(6)12)11(14)7-2-3-7/h4-5,7,11,14H,2-3H2,1H3. The van der Waals surface area contributed by atoms with Crippen LogP contribution in [0.1, 0.15) is 30.1 Å². The lowest BCUT2D eigenvalue weighted by Crippen LogP contribution is -2.01. The third kappa shape index (κ3) is 2.05. The maximum absolute atomic E-state index is 10.0. The predicted molar refractivity (Wildman–Crippen MR) is 64.3 cm³/mol. The highest BCUT2D eigenvalue weighted by atomic mass is 79.9. The summed E-state index contributed by atoms with van der Waals surface area (Å²) in [5.74, 6) is 0.473. The number of hydrogen-bond acceptors (Lipinski definition) is 1. The topological polar surface area (TPSA) is 20.2 Å². The molecule has 76 valence electrons. The normalized spacial score (nSPS) is 18.3. The highest BCUT2D eigenvalue weighted by molar-refractivity contribution is 9.11. The van der Waals surface area contributed by atoms with E-state index in [9.17, 15) is 5.11 Å². The second-order valence-electron chi connectivity index (χ2n) is 3.91. The summed E-state index contributed by atoms with van der Waals surface area (Å²) in [5, 5.41) is 10.0. The van der Waals surface area contributed by atoms with Crippen LogP contribution >= 0.6 is 31.9 Å². The average Bonchev–Trinajstić information content (AvgIpc) is 2.93. The molecule has 1 N–H and O–H groups in total. The fraction of sp³-hybridized carbons (Fsp3) is 0.455.